The molecule has 1 aliphatic carbocycles. The molecule has 33 heavy (non-hydrogen) atoms. The summed E-state index contributed by atoms with van der Waals surface area (Å²) >= 11 is 10.8. The van der Waals surface area contributed by atoms with E-state index in [2.05, 4.69) is 143 Å². The van der Waals surface area contributed by atoms with Crippen LogP contribution in [0.2, 0.25) is 0 Å². The molecule has 1 aromatic heterocycles. The van der Waals surface area contributed by atoms with Gasteiger partial charge in [-0.15, -0.1) is 0 Å². The third-order valence-corrected chi connectivity index (χ3v) is 7.41. The minimum atomic E-state index is 0.546. The fraction of sp³-hybridized carbons (Fsp3) is 0. The van der Waals surface area contributed by atoms with Gasteiger partial charge in [-0.3, -0.25) is 0 Å². The van der Waals surface area contributed by atoms with E-state index in [0.29, 0.717) is 4.73 Å². The van der Waals surface area contributed by atoms with Gasteiger partial charge in [-0.25, -0.2) is 9.97 Å². The lowest BCUT2D eigenvalue weighted by molar-refractivity contribution is 1.09. The highest BCUT2D eigenvalue weighted by atomic mass is 79.9. The molecular formula is C28H15Br3N2. The smallest absolute Gasteiger partial charge is 0.198 e. The molecule has 1 heterocycles. The van der Waals surface area contributed by atoms with Crippen molar-refractivity contribution < 1.29 is 0 Å². The second-order valence-electron chi connectivity index (χ2n) is 7.86. The van der Waals surface area contributed by atoms with Gasteiger partial charge in [-0.05, 0) is 94.6 Å². The van der Waals surface area contributed by atoms with E-state index in [0.717, 1.165) is 20.3 Å². The number of rotatable bonds is 1. The Labute approximate surface area is 217 Å². The molecule has 0 amide bonds. The van der Waals surface area contributed by atoms with Crippen molar-refractivity contribution >= 4 is 47.8 Å². The van der Waals surface area contributed by atoms with Crippen LogP contribution in [0.1, 0.15) is 0 Å². The lowest BCUT2D eigenvalue weighted by Crippen LogP contribution is -1.98. The number of nitrogens with zero attached hydrogens (tertiary/aromatic N) is 2. The third kappa shape index (κ3) is 3.59. The van der Waals surface area contributed by atoms with Gasteiger partial charge in [0.2, 0.25) is 0 Å². The van der Waals surface area contributed by atoms with Crippen LogP contribution in [0.25, 0.3) is 55.8 Å². The zero-order valence-corrected chi connectivity index (χ0v) is 21.9. The molecule has 0 aliphatic heterocycles. The predicted molar refractivity (Wildman–Crippen MR) is 146 cm³/mol. The topological polar surface area (TPSA) is 25.8 Å². The highest BCUT2D eigenvalue weighted by Gasteiger charge is 2.23. The van der Waals surface area contributed by atoms with Crippen LogP contribution in [-0.4, -0.2) is 9.97 Å². The van der Waals surface area contributed by atoms with Crippen molar-refractivity contribution in [2.24, 2.45) is 0 Å². The Morgan fingerprint density at radius 1 is 0.424 bits per heavy atom. The predicted octanol–water partition coefficient (Wildman–Crippen LogP) is 9.41. The molecule has 2 nitrogen and oxygen atoms in total. The first kappa shape index (κ1) is 21.0. The van der Waals surface area contributed by atoms with Crippen LogP contribution in [0, 0.1) is 0 Å². The summed E-state index contributed by atoms with van der Waals surface area (Å²) in [5.74, 6) is 0. The van der Waals surface area contributed by atoms with Crippen molar-refractivity contribution in [3.8, 4) is 55.8 Å². The largest absolute Gasteiger partial charge is 0.222 e. The monoisotopic (exact) mass is 616 g/mol. The lowest BCUT2D eigenvalue weighted by Gasteiger charge is -2.24. The molecule has 5 heteroatoms. The number of halogens is 3. The molecular weight excluding hydrogens is 604 g/mol. The molecule has 0 fully saturated rings. The number of aromatic nitrogens is 2. The third-order valence-electron chi connectivity index (χ3n) is 5.99. The Morgan fingerprint density at radius 2 is 0.848 bits per heavy atom. The van der Waals surface area contributed by atoms with Crippen molar-refractivity contribution in [3.63, 3.8) is 0 Å². The van der Waals surface area contributed by atoms with Crippen molar-refractivity contribution in [1.82, 2.24) is 9.97 Å². The van der Waals surface area contributed by atoms with Gasteiger partial charge in [0.1, 0.15) is 4.60 Å². The zero-order chi connectivity index (χ0) is 22.5. The summed E-state index contributed by atoms with van der Waals surface area (Å²) in [5.41, 5.74) is 11.6. The molecule has 5 aromatic rings. The minimum absolute atomic E-state index is 0.546. The first-order valence-electron chi connectivity index (χ1n) is 10.4. The standard InChI is InChI=1S/C28H15Br3N2/c29-25-14-23-21-12-6-4-10-19(21)17-8-2-1-7-16(17)18-9-3-5-11-20(18)22(23)13-24(25)26-15-27(30)33-28(31)32-26/h1-15H. The van der Waals surface area contributed by atoms with E-state index in [9.17, 15) is 0 Å². The van der Waals surface area contributed by atoms with E-state index in [4.69, 9.17) is 0 Å². The van der Waals surface area contributed by atoms with Crippen LogP contribution in [-0.2, 0) is 0 Å². The molecule has 0 N–H and O–H groups in total. The Balaban J connectivity index is 1.74. The fourth-order valence-electron chi connectivity index (χ4n) is 4.60. The van der Waals surface area contributed by atoms with Gasteiger partial charge < -0.3 is 0 Å². The molecule has 6 rings (SSSR count). The summed E-state index contributed by atoms with van der Waals surface area (Å²) < 4.78 is 2.27. The summed E-state index contributed by atoms with van der Waals surface area (Å²) in [5, 5.41) is 0. The summed E-state index contributed by atoms with van der Waals surface area (Å²) in [6.45, 7) is 0. The van der Waals surface area contributed by atoms with Crippen LogP contribution in [0.3, 0.4) is 0 Å². The van der Waals surface area contributed by atoms with Gasteiger partial charge in [0.25, 0.3) is 0 Å². The molecule has 0 saturated heterocycles. The molecule has 4 aromatic carbocycles. The van der Waals surface area contributed by atoms with Crippen LogP contribution >= 0.6 is 47.8 Å². The second-order valence-corrected chi connectivity index (χ2v) is 10.2. The normalized spacial score (nSPS) is 11.5. The van der Waals surface area contributed by atoms with E-state index < -0.39 is 0 Å². The highest BCUT2D eigenvalue weighted by molar-refractivity contribution is 9.11. The Morgan fingerprint density at radius 3 is 1.30 bits per heavy atom. The van der Waals surface area contributed by atoms with Gasteiger partial charge in [0.15, 0.2) is 4.73 Å². The van der Waals surface area contributed by atoms with Crippen LogP contribution in [0.15, 0.2) is 105 Å². The van der Waals surface area contributed by atoms with E-state index in [1.165, 1.54) is 44.5 Å². The maximum absolute atomic E-state index is 4.64. The zero-order valence-electron chi connectivity index (χ0n) is 17.2. The second kappa shape index (κ2) is 8.32. The van der Waals surface area contributed by atoms with Gasteiger partial charge in [-0.1, -0.05) is 88.7 Å². The van der Waals surface area contributed by atoms with Gasteiger partial charge in [0.05, 0.1) is 5.69 Å². The Kier molecular flexibility index (Phi) is 5.28. The molecule has 0 saturated carbocycles. The molecule has 0 bridgehead atoms. The molecule has 158 valence electrons. The van der Waals surface area contributed by atoms with Crippen LogP contribution in [0.4, 0.5) is 0 Å². The summed E-state index contributed by atoms with van der Waals surface area (Å²) in [6.07, 6.45) is 0. The van der Waals surface area contributed by atoms with Crippen LogP contribution < -0.4 is 0 Å². The van der Waals surface area contributed by atoms with Crippen LogP contribution in [0.5, 0.6) is 0 Å². The average Bonchev–Trinajstić information content (AvgIpc) is 2.82. The van der Waals surface area contributed by atoms with E-state index >= 15 is 0 Å². The Hall–Kier alpha value is -2.60. The summed E-state index contributed by atoms with van der Waals surface area (Å²) in [7, 11) is 0. The first-order valence-corrected chi connectivity index (χ1v) is 12.8. The molecule has 0 atom stereocenters. The minimum Gasteiger partial charge on any atom is -0.222 e. The van der Waals surface area contributed by atoms with Gasteiger partial charge >= 0.3 is 0 Å². The molecule has 0 radical (unpaired) electrons. The van der Waals surface area contributed by atoms with E-state index in [1.807, 2.05) is 6.07 Å². The number of fused-ring (bicyclic) bond motifs is 8. The Bertz CT molecular complexity index is 1540. The summed E-state index contributed by atoms with van der Waals surface area (Å²) in [4.78, 5) is 8.94. The van der Waals surface area contributed by atoms with E-state index in [-0.39, 0.29) is 0 Å². The van der Waals surface area contributed by atoms with Gasteiger partial charge in [-0.2, -0.15) is 0 Å². The number of benzene rings is 4. The van der Waals surface area contributed by atoms with Crippen molar-refractivity contribution in [2.75, 3.05) is 0 Å². The summed E-state index contributed by atoms with van der Waals surface area (Å²) in [6, 6.07) is 32.4. The van der Waals surface area contributed by atoms with Crippen molar-refractivity contribution in [3.05, 3.63) is 105 Å². The molecule has 0 spiro atoms. The highest BCUT2D eigenvalue weighted by Crippen LogP contribution is 2.49. The van der Waals surface area contributed by atoms with Gasteiger partial charge in [0, 0.05) is 10.0 Å². The lowest BCUT2D eigenvalue weighted by atomic mass is 9.80. The molecule has 1 aliphatic rings. The molecule has 0 unspecified atom stereocenters. The maximum atomic E-state index is 4.64. The number of hydrogen-bond acceptors (Lipinski definition) is 2. The fourth-order valence-corrected chi connectivity index (χ4v) is 6.15. The average molecular weight is 619 g/mol. The van der Waals surface area contributed by atoms with Crippen molar-refractivity contribution in [2.45, 2.75) is 0 Å². The SMILES string of the molecule is Brc1cc(-c2cc3c(cc2Br)-c2ccccc2-c2ccccc2-c2ccccc2-3)nc(Br)n1. The van der Waals surface area contributed by atoms with Crippen molar-refractivity contribution in [1.29, 1.82) is 0 Å². The van der Waals surface area contributed by atoms with E-state index in [1.54, 1.807) is 0 Å². The quantitative estimate of drug-likeness (QED) is 0.135. The number of hydrogen-bond donors (Lipinski definition) is 0. The maximum Gasteiger partial charge on any atom is 0.198 e. The first-order chi connectivity index (χ1) is 16.1.